The molecular weight excluding hydrogens is 170 g/mol. The maximum Gasteiger partial charge on any atom is 0.000356 e. The monoisotopic (exact) mass is 197 g/mol. The van der Waals surface area contributed by atoms with Crippen LogP contribution in [0, 0.1) is 17.8 Å². The predicted octanol–water partition coefficient (Wildman–Crippen LogP) is 3.40. The van der Waals surface area contributed by atoms with Gasteiger partial charge in [0.2, 0.25) is 0 Å². The van der Waals surface area contributed by atoms with Crippen molar-refractivity contribution in [1.82, 2.24) is 4.90 Å². The van der Waals surface area contributed by atoms with Crippen LogP contribution < -0.4 is 0 Å². The fourth-order valence-corrected chi connectivity index (χ4v) is 2.79. The molecule has 1 heteroatoms. The van der Waals surface area contributed by atoms with Gasteiger partial charge in [-0.2, -0.15) is 0 Å². The summed E-state index contributed by atoms with van der Waals surface area (Å²) in [5.74, 6) is 2.96. The van der Waals surface area contributed by atoms with Crippen LogP contribution in [0.4, 0.5) is 0 Å². The van der Waals surface area contributed by atoms with Gasteiger partial charge >= 0.3 is 0 Å². The van der Waals surface area contributed by atoms with Crippen molar-refractivity contribution in [2.24, 2.45) is 17.8 Å². The van der Waals surface area contributed by atoms with Gasteiger partial charge in [0.25, 0.3) is 0 Å². The van der Waals surface area contributed by atoms with Gasteiger partial charge in [-0.1, -0.05) is 20.3 Å². The van der Waals surface area contributed by atoms with Gasteiger partial charge in [-0.15, -0.1) is 0 Å². The van der Waals surface area contributed by atoms with Crippen molar-refractivity contribution in [3.63, 3.8) is 0 Å². The molecule has 0 radical (unpaired) electrons. The normalized spacial score (nSPS) is 30.6. The molecule has 1 nitrogen and oxygen atoms in total. The Bertz CT molecular complexity index is 145. The highest BCUT2D eigenvalue weighted by Gasteiger charge is 2.24. The molecule has 1 aliphatic carbocycles. The smallest absolute Gasteiger partial charge is 0.000356 e. The van der Waals surface area contributed by atoms with Crippen molar-refractivity contribution in [2.45, 2.75) is 46.0 Å². The number of nitrogens with zero attached hydrogens (tertiary/aromatic N) is 1. The van der Waals surface area contributed by atoms with Crippen molar-refractivity contribution in [3.8, 4) is 0 Å². The van der Waals surface area contributed by atoms with Crippen LogP contribution in [0.3, 0.4) is 0 Å². The second kappa shape index (κ2) is 5.75. The van der Waals surface area contributed by atoms with Crippen LogP contribution in [0.5, 0.6) is 0 Å². The molecule has 0 saturated heterocycles. The molecule has 1 atom stereocenters. The van der Waals surface area contributed by atoms with Gasteiger partial charge < -0.3 is 4.90 Å². The molecule has 1 saturated carbocycles. The Morgan fingerprint density at radius 1 is 1.14 bits per heavy atom. The average Bonchev–Trinajstić information content (AvgIpc) is 2.17. The van der Waals surface area contributed by atoms with Gasteiger partial charge in [-0.25, -0.2) is 0 Å². The number of hydrogen-bond donors (Lipinski definition) is 0. The number of hydrogen-bond acceptors (Lipinski definition) is 1. The summed E-state index contributed by atoms with van der Waals surface area (Å²) in [6.07, 6.45) is 7.25. The van der Waals surface area contributed by atoms with E-state index in [1.54, 1.807) is 0 Å². The van der Waals surface area contributed by atoms with Gasteiger partial charge in [0.15, 0.2) is 0 Å². The predicted molar refractivity (Wildman–Crippen MR) is 63.5 cm³/mol. The molecule has 84 valence electrons. The largest absolute Gasteiger partial charge is 0.309 e. The van der Waals surface area contributed by atoms with E-state index in [1.807, 2.05) is 0 Å². The quantitative estimate of drug-likeness (QED) is 0.667. The van der Waals surface area contributed by atoms with E-state index in [2.05, 4.69) is 32.8 Å². The second-order valence-electron chi connectivity index (χ2n) is 5.43. The van der Waals surface area contributed by atoms with Gasteiger partial charge in [0.05, 0.1) is 0 Å². The zero-order valence-electron chi connectivity index (χ0n) is 10.4. The summed E-state index contributed by atoms with van der Waals surface area (Å²) < 4.78 is 0. The highest BCUT2D eigenvalue weighted by Crippen LogP contribution is 2.34. The van der Waals surface area contributed by atoms with Gasteiger partial charge in [0, 0.05) is 6.54 Å². The molecule has 14 heavy (non-hydrogen) atoms. The van der Waals surface area contributed by atoms with Crippen molar-refractivity contribution in [1.29, 1.82) is 0 Å². The Labute approximate surface area is 89.9 Å². The summed E-state index contributed by atoms with van der Waals surface area (Å²) >= 11 is 0. The molecule has 1 aliphatic rings. The van der Waals surface area contributed by atoms with Crippen LogP contribution >= 0.6 is 0 Å². The van der Waals surface area contributed by atoms with Crippen LogP contribution in [-0.4, -0.2) is 25.5 Å². The Morgan fingerprint density at radius 3 is 2.14 bits per heavy atom. The Hall–Kier alpha value is -0.0400. The first kappa shape index (κ1) is 12.0. The Kier molecular flexibility index (Phi) is 4.94. The van der Waals surface area contributed by atoms with Crippen LogP contribution in [0.2, 0.25) is 0 Å². The maximum absolute atomic E-state index is 2.43. The average molecular weight is 197 g/mol. The van der Waals surface area contributed by atoms with Crippen LogP contribution in [0.25, 0.3) is 0 Å². The molecule has 0 amide bonds. The maximum atomic E-state index is 2.43. The van der Waals surface area contributed by atoms with E-state index >= 15 is 0 Å². The lowest BCUT2D eigenvalue weighted by molar-refractivity contribution is 0.183. The van der Waals surface area contributed by atoms with E-state index < -0.39 is 0 Å². The van der Waals surface area contributed by atoms with E-state index in [0.29, 0.717) is 0 Å². The molecule has 1 rings (SSSR count). The van der Waals surface area contributed by atoms with E-state index in [1.165, 1.54) is 38.6 Å². The summed E-state index contributed by atoms with van der Waals surface area (Å²) in [7, 11) is 4.39. The lowest BCUT2D eigenvalue weighted by Gasteiger charge is -2.33. The molecule has 0 spiro atoms. The summed E-state index contributed by atoms with van der Waals surface area (Å²) in [5, 5.41) is 0. The SMILES string of the molecule is CCC(C)C1CCC(CN(C)C)CC1. The minimum absolute atomic E-state index is 0.954. The fourth-order valence-electron chi connectivity index (χ4n) is 2.79. The Morgan fingerprint density at radius 2 is 1.71 bits per heavy atom. The summed E-state index contributed by atoms with van der Waals surface area (Å²) in [6, 6.07) is 0. The third-order valence-corrected chi connectivity index (χ3v) is 3.96. The van der Waals surface area contributed by atoms with E-state index in [0.717, 1.165) is 17.8 Å². The van der Waals surface area contributed by atoms with Gasteiger partial charge in [0.1, 0.15) is 0 Å². The van der Waals surface area contributed by atoms with Crippen molar-refractivity contribution < 1.29 is 0 Å². The molecular formula is C13H27N. The van der Waals surface area contributed by atoms with Crippen molar-refractivity contribution in [2.75, 3.05) is 20.6 Å². The first-order valence-corrected chi connectivity index (χ1v) is 6.28. The highest BCUT2D eigenvalue weighted by molar-refractivity contribution is 4.76. The minimum atomic E-state index is 0.954. The number of rotatable bonds is 4. The van der Waals surface area contributed by atoms with Crippen molar-refractivity contribution in [3.05, 3.63) is 0 Å². The zero-order valence-corrected chi connectivity index (χ0v) is 10.4. The zero-order chi connectivity index (χ0) is 10.6. The third-order valence-electron chi connectivity index (χ3n) is 3.96. The molecule has 1 fully saturated rings. The van der Waals surface area contributed by atoms with Crippen molar-refractivity contribution >= 4 is 0 Å². The first-order chi connectivity index (χ1) is 6.63. The molecule has 0 N–H and O–H groups in total. The topological polar surface area (TPSA) is 3.24 Å². The Balaban J connectivity index is 2.24. The van der Waals surface area contributed by atoms with Crippen LogP contribution in [-0.2, 0) is 0 Å². The highest BCUT2D eigenvalue weighted by atomic mass is 15.1. The lowest BCUT2D eigenvalue weighted by Crippen LogP contribution is -2.27. The van der Waals surface area contributed by atoms with Gasteiger partial charge in [-0.3, -0.25) is 0 Å². The molecule has 0 heterocycles. The van der Waals surface area contributed by atoms with Crippen LogP contribution in [0.15, 0.2) is 0 Å². The molecule has 0 aliphatic heterocycles. The molecule has 0 bridgehead atoms. The van der Waals surface area contributed by atoms with E-state index in [4.69, 9.17) is 0 Å². The summed E-state index contributed by atoms with van der Waals surface area (Å²) in [4.78, 5) is 2.34. The second-order valence-corrected chi connectivity index (χ2v) is 5.43. The lowest BCUT2D eigenvalue weighted by atomic mass is 9.75. The molecule has 0 aromatic rings. The standard InChI is InChI=1S/C13H27N/c1-5-11(2)13-8-6-12(7-9-13)10-14(3)4/h11-13H,5-10H2,1-4H3. The van der Waals surface area contributed by atoms with E-state index in [-0.39, 0.29) is 0 Å². The fraction of sp³-hybridized carbons (Fsp3) is 1.00. The molecule has 0 aromatic carbocycles. The third kappa shape index (κ3) is 3.61. The van der Waals surface area contributed by atoms with E-state index in [9.17, 15) is 0 Å². The summed E-state index contributed by atoms with van der Waals surface area (Å²) in [6.45, 7) is 6.06. The minimum Gasteiger partial charge on any atom is -0.309 e. The molecule has 0 aromatic heterocycles. The first-order valence-electron chi connectivity index (χ1n) is 6.28. The van der Waals surface area contributed by atoms with Gasteiger partial charge in [-0.05, 0) is 57.5 Å². The summed E-state index contributed by atoms with van der Waals surface area (Å²) in [5.41, 5.74) is 0. The molecule has 1 unspecified atom stereocenters. The van der Waals surface area contributed by atoms with Crippen LogP contribution in [0.1, 0.15) is 46.0 Å².